The molecule has 0 radical (unpaired) electrons. The van der Waals surface area contributed by atoms with Gasteiger partial charge in [0.15, 0.2) is 5.96 Å². The van der Waals surface area contributed by atoms with E-state index in [0.717, 1.165) is 20.5 Å². The first-order valence-electron chi connectivity index (χ1n) is 10.1. The van der Waals surface area contributed by atoms with Crippen molar-refractivity contribution in [2.75, 3.05) is 26.2 Å². The maximum Gasteiger partial charge on any atom is 0.251 e. The number of carbonyl (C=O) groups excluding carboxylic acids is 1. The summed E-state index contributed by atoms with van der Waals surface area (Å²) in [5.41, 5.74) is 1.71. The number of guanidine groups is 1. The molecule has 3 aromatic rings. The van der Waals surface area contributed by atoms with E-state index in [-0.39, 0.29) is 12.5 Å². The fraction of sp³-hybridized carbons (Fsp3) is 0.304. The molecule has 0 saturated carbocycles. The van der Waals surface area contributed by atoms with Crippen molar-refractivity contribution in [1.82, 2.24) is 16.0 Å². The monoisotopic (exact) mass is 424 g/mol. The van der Waals surface area contributed by atoms with Crippen molar-refractivity contribution in [3.63, 3.8) is 0 Å². The van der Waals surface area contributed by atoms with E-state index in [9.17, 15) is 9.90 Å². The Labute approximate surface area is 181 Å². The SMILES string of the molecule is CCNC(=NCC(O)c1cc2ccccc2s1)NCCNC(=O)c1cccc(C)c1. The molecule has 30 heavy (non-hydrogen) atoms. The summed E-state index contributed by atoms with van der Waals surface area (Å²) in [6.45, 7) is 5.92. The quantitative estimate of drug-likeness (QED) is 0.254. The topological polar surface area (TPSA) is 85.8 Å². The Morgan fingerprint density at radius 3 is 2.63 bits per heavy atom. The van der Waals surface area contributed by atoms with Crippen LogP contribution in [-0.4, -0.2) is 43.2 Å². The van der Waals surface area contributed by atoms with Gasteiger partial charge in [0.2, 0.25) is 0 Å². The molecule has 1 atom stereocenters. The molecule has 4 N–H and O–H groups in total. The molecule has 1 amide bonds. The van der Waals surface area contributed by atoms with E-state index in [4.69, 9.17) is 0 Å². The minimum atomic E-state index is -0.654. The Balaban J connectivity index is 1.49. The number of fused-ring (bicyclic) bond motifs is 1. The third kappa shape index (κ3) is 6.05. The predicted octanol–water partition coefficient (Wildman–Crippen LogP) is 3.23. The maximum absolute atomic E-state index is 12.2. The molecule has 1 aromatic heterocycles. The van der Waals surface area contributed by atoms with Gasteiger partial charge in [-0.2, -0.15) is 0 Å². The molecule has 1 unspecified atom stereocenters. The van der Waals surface area contributed by atoms with Crippen molar-refractivity contribution in [3.8, 4) is 0 Å². The molecule has 0 spiro atoms. The number of amides is 1. The van der Waals surface area contributed by atoms with E-state index < -0.39 is 6.10 Å². The second kappa shape index (κ2) is 10.8. The van der Waals surface area contributed by atoms with Crippen LogP contribution in [0.5, 0.6) is 0 Å². The number of aliphatic hydroxyl groups excluding tert-OH is 1. The fourth-order valence-corrected chi connectivity index (χ4v) is 4.06. The van der Waals surface area contributed by atoms with Crippen LogP contribution < -0.4 is 16.0 Å². The molecule has 0 aliphatic carbocycles. The number of hydrogen-bond donors (Lipinski definition) is 4. The molecule has 3 rings (SSSR count). The van der Waals surface area contributed by atoms with E-state index in [1.54, 1.807) is 17.4 Å². The highest BCUT2D eigenvalue weighted by Gasteiger charge is 2.11. The molecule has 0 saturated heterocycles. The first-order valence-corrected chi connectivity index (χ1v) is 10.9. The van der Waals surface area contributed by atoms with Gasteiger partial charge in [0.1, 0.15) is 6.10 Å². The van der Waals surface area contributed by atoms with Crippen LogP contribution in [0.25, 0.3) is 10.1 Å². The zero-order valence-electron chi connectivity index (χ0n) is 17.3. The molecule has 0 aliphatic rings. The fourth-order valence-electron chi connectivity index (χ4n) is 3.02. The second-order valence-corrected chi connectivity index (χ2v) is 8.09. The Kier molecular flexibility index (Phi) is 7.82. The van der Waals surface area contributed by atoms with Crippen LogP contribution >= 0.6 is 11.3 Å². The maximum atomic E-state index is 12.2. The Bertz CT molecular complexity index is 982. The van der Waals surface area contributed by atoms with Gasteiger partial charge in [-0.15, -0.1) is 11.3 Å². The minimum Gasteiger partial charge on any atom is -0.386 e. The highest BCUT2D eigenvalue weighted by molar-refractivity contribution is 7.19. The highest BCUT2D eigenvalue weighted by Crippen LogP contribution is 2.29. The Morgan fingerprint density at radius 1 is 1.07 bits per heavy atom. The zero-order chi connectivity index (χ0) is 21.3. The van der Waals surface area contributed by atoms with Crippen LogP contribution in [-0.2, 0) is 0 Å². The van der Waals surface area contributed by atoms with Gasteiger partial charge in [-0.25, -0.2) is 0 Å². The lowest BCUT2D eigenvalue weighted by molar-refractivity contribution is 0.0954. The van der Waals surface area contributed by atoms with E-state index in [0.29, 0.717) is 31.2 Å². The lowest BCUT2D eigenvalue weighted by Crippen LogP contribution is -2.41. The van der Waals surface area contributed by atoms with Crippen molar-refractivity contribution >= 4 is 33.3 Å². The molecule has 2 aromatic carbocycles. The average Bonchev–Trinajstić information content (AvgIpc) is 3.19. The molecule has 0 aliphatic heterocycles. The van der Waals surface area contributed by atoms with E-state index in [1.165, 1.54) is 0 Å². The molecule has 7 heteroatoms. The number of hydrogen-bond acceptors (Lipinski definition) is 4. The third-order valence-electron chi connectivity index (χ3n) is 4.52. The summed E-state index contributed by atoms with van der Waals surface area (Å²) in [6, 6.07) is 17.6. The summed E-state index contributed by atoms with van der Waals surface area (Å²) in [5.74, 6) is 0.519. The number of aliphatic imine (C=N–C) groups is 1. The third-order valence-corrected chi connectivity index (χ3v) is 5.74. The number of benzene rings is 2. The minimum absolute atomic E-state index is 0.0948. The van der Waals surface area contributed by atoms with Gasteiger partial charge in [-0.1, -0.05) is 35.9 Å². The Morgan fingerprint density at radius 2 is 1.87 bits per heavy atom. The van der Waals surface area contributed by atoms with Crippen LogP contribution in [0.2, 0.25) is 0 Å². The number of rotatable bonds is 8. The van der Waals surface area contributed by atoms with Gasteiger partial charge in [0.05, 0.1) is 6.54 Å². The molecular formula is C23H28N4O2S. The lowest BCUT2D eigenvalue weighted by atomic mass is 10.1. The molecule has 0 fully saturated rings. The van der Waals surface area contributed by atoms with Gasteiger partial charge in [-0.3, -0.25) is 9.79 Å². The van der Waals surface area contributed by atoms with E-state index >= 15 is 0 Å². The van der Waals surface area contributed by atoms with Crippen LogP contribution in [0.15, 0.2) is 59.6 Å². The van der Waals surface area contributed by atoms with Gasteiger partial charge < -0.3 is 21.1 Å². The molecular weight excluding hydrogens is 396 g/mol. The number of carbonyl (C=O) groups is 1. The first kappa shape index (κ1) is 21.8. The van der Waals surface area contributed by atoms with E-state index in [1.807, 2.05) is 56.3 Å². The number of aliphatic hydroxyl groups is 1. The highest BCUT2D eigenvalue weighted by atomic mass is 32.1. The van der Waals surface area contributed by atoms with Crippen molar-refractivity contribution in [2.24, 2.45) is 4.99 Å². The summed E-state index contributed by atoms with van der Waals surface area (Å²) in [4.78, 5) is 17.6. The lowest BCUT2D eigenvalue weighted by Gasteiger charge is -2.13. The molecule has 158 valence electrons. The summed E-state index contributed by atoms with van der Waals surface area (Å²) in [6.07, 6.45) is -0.654. The van der Waals surface area contributed by atoms with Gasteiger partial charge in [0.25, 0.3) is 5.91 Å². The standard InChI is InChI=1S/C23H28N4O2S/c1-3-24-23(26-12-11-25-22(29)18-9-6-7-16(2)13-18)27-15-19(28)21-14-17-8-4-5-10-20(17)30-21/h4-10,13-14,19,28H,3,11-12,15H2,1-2H3,(H,25,29)(H2,24,26,27). The average molecular weight is 425 g/mol. The van der Waals surface area contributed by atoms with E-state index in [2.05, 4.69) is 27.0 Å². The first-order chi connectivity index (χ1) is 14.6. The molecule has 1 heterocycles. The van der Waals surface area contributed by atoms with Gasteiger partial charge in [0, 0.05) is 34.8 Å². The normalized spacial score (nSPS) is 12.6. The zero-order valence-corrected chi connectivity index (χ0v) is 18.1. The summed E-state index contributed by atoms with van der Waals surface area (Å²) < 4.78 is 1.16. The van der Waals surface area contributed by atoms with Crippen molar-refractivity contribution in [3.05, 3.63) is 70.6 Å². The number of thiophene rings is 1. The van der Waals surface area contributed by atoms with Gasteiger partial charge in [-0.05, 0) is 43.5 Å². The molecule has 0 bridgehead atoms. The van der Waals surface area contributed by atoms with Crippen LogP contribution in [0.1, 0.15) is 33.8 Å². The largest absolute Gasteiger partial charge is 0.386 e. The second-order valence-electron chi connectivity index (χ2n) is 6.97. The van der Waals surface area contributed by atoms with Crippen LogP contribution in [0, 0.1) is 6.92 Å². The van der Waals surface area contributed by atoms with Gasteiger partial charge >= 0.3 is 0 Å². The van der Waals surface area contributed by atoms with Crippen LogP contribution in [0.4, 0.5) is 0 Å². The summed E-state index contributed by atoms with van der Waals surface area (Å²) in [5, 5.41) is 20.9. The number of aryl methyl sites for hydroxylation is 1. The molecule has 6 nitrogen and oxygen atoms in total. The Hall–Kier alpha value is -2.90. The summed E-state index contributed by atoms with van der Waals surface area (Å²) >= 11 is 1.59. The van der Waals surface area contributed by atoms with Crippen molar-refractivity contribution in [1.29, 1.82) is 0 Å². The van der Waals surface area contributed by atoms with Crippen LogP contribution in [0.3, 0.4) is 0 Å². The summed E-state index contributed by atoms with van der Waals surface area (Å²) in [7, 11) is 0. The number of nitrogens with one attached hydrogen (secondary N) is 3. The number of nitrogens with zero attached hydrogens (tertiary/aromatic N) is 1. The predicted molar refractivity (Wildman–Crippen MR) is 124 cm³/mol. The smallest absolute Gasteiger partial charge is 0.251 e. The van der Waals surface area contributed by atoms with Crippen molar-refractivity contribution < 1.29 is 9.90 Å². The van der Waals surface area contributed by atoms with Crippen molar-refractivity contribution in [2.45, 2.75) is 20.0 Å².